The molecule has 0 unspecified atom stereocenters. The summed E-state index contributed by atoms with van der Waals surface area (Å²) in [4.78, 5) is 23.9. The summed E-state index contributed by atoms with van der Waals surface area (Å²) in [5.41, 5.74) is 0.775. The first-order chi connectivity index (χ1) is 14.9. The number of carbonyl (C=O) groups excluding carboxylic acids is 2. The number of aliphatic hydroxyl groups excluding tert-OH is 1. The van der Waals surface area contributed by atoms with Gasteiger partial charge in [0.15, 0.2) is 0 Å². The summed E-state index contributed by atoms with van der Waals surface area (Å²) in [6.07, 6.45) is 8.45. The average Bonchev–Trinajstić information content (AvgIpc) is 3.04. The molecule has 0 bridgehead atoms. The van der Waals surface area contributed by atoms with E-state index in [0.29, 0.717) is 18.4 Å². The van der Waals surface area contributed by atoms with E-state index in [1.54, 1.807) is 12.1 Å². The third kappa shape index (κ3) is 6.41. The molecule has 3 rings (SSSR count). The summed E-state index contributed by atoms with van der Waals surface area (Å²) in [6, 6.07) is 7.46. The van der Waals surface area contributed by atoms with E-state index >= 15 is 0 Å². The van der Waals surface area contributed by atoms with Crippen LogP contribution in [0.3, 0.4) is 0 Å². The van der Waals surface area contributed by atoms with Crippen LogP contribution in [-0.2, 0) is 16.0 Å². The van der Waals surface area contributed by atoms with Crippen LogP contribution in [0.25, 0.3) is 0 Å². The van der Waals surface area contributed by atoms with E-state index in [2.05, 4.69) is 11.8 Å². The van der Waals surface area contributed by atoms with Crippen LogP contribution in [0.4, 0.5) is 0 Å². The predicted molar refractivity (Wildman–Crippen MR) is 118 cm³/mol. The number of unbranched alkanes of at least 4 members (excludes halogenated alkanes) is 2. The van der Waals surface area contributed by atoms with Gasteiger partial charge in [0.2, 0.25) is 0 Å². The van der Waals surface area contributed by atoms with Crippen molar-refractivity contribution in [2.24, 2.45) is 11.8 Å². The minimum atomic E-state index is -0.947. The topological polar surface area (TPSA) is 83.8 Å². The first-order valence-corrected chi connectivity index (χ1v) is 11.5. The molecule has 2 saturated carbocycles. The van der Waals surface area contributed by atoms with Crippen molar-refractivity contribution in [3.63, 3.8) is 0 Å². The maximum absolute atomic E-state index is 12.4. The molecule has 3 atom stereocenters. The molecular formula is C26H34O5. The molecule has 0 amide bonds. The summed E-state index contributed by atoms with van der Waals surface area (Å²) in [5, 5.41) is 21.0. The number of aliphatic hydroxyl groups is 2. The van der Waals surface area contributed by atoms with E-state index in [1.807, 2.05) is 12.1 Å². The molecule has 0 saturated heterocycles. The van der Waals surface area contributed by atoms with Gasteiger partial charge in [0.1, 0.15) is 11.4 Å². The summed E-state index contributed by atoms with van der Waals surface area (Å²) in [7, 11) is 1.37. The zero-order chi connectivity index (χ0) is 22.3. The fraction of sp³-hybridized carbons (Fsp3) is 0.615. The van der Waals surface area contributed by atoms with Gasteiger partial charge in [-0.25, -0.2) is 4.79 Å². The number of hydrogen-bond donors (Lipinski definition) is 2. The second-order valence-electron chi connectivity index (χ2n) is 9.02. The zero-order valence-corrected chi connectivity index (χ0v) is 18.4. The SMILES string of the molecule is COC(=O)c1ccc(CCCCC[C@H]2C(=O)C[C@@H](O)[C@@H]2C#CC2(O)CCCCC2)cc1. The van der Waals surface area contributed by atoms with Gasteiger partial charge in [0.25, 0.3) is 0 Å². The zero-order valence-electron chi connectivity index (χ0n) is 18.4. The van der Waals surface area contributed by atoms with Gasteiger partial charge in [-0.15, -0.1) is 0 Å². The lowest BCUT2D eigenvalue weighted by atomic mass is 9.83. The number of ether oxygens (including phenoxy) is 1. The van der Waals surface area contributed by atoms with Gasteiger partial charge in [-0.2, -0.15) is 0 Å². The summed E-state index contributed by atoms with van der Waals surface area (Å²) >= 11 is 0. The summed E-state index contributed by atoms with van der Waals surface area (Å²) in [6.45, 7) is 0. The van der Waals surface area contributed by atoms with Crippen LogP contribution >= 0.6 is 0 Å². The number of Topliss-reactive ketones (excluding diaryl/α,β-unsaturated/α-hetero) is 1. The second kappa shape index (κ2) is 10.9. The number of benzene rings is 1. The summed E-state index contributed by atoms with van der Waals surface area (Å²) in [5.74, 6) is 5.30. The number of hydrogen-bond acceptors (Lipinski definition) is 5. The van der Waals surface area contributed by atoms with Gasteiger partial charge in [-0.3, -0.25) is 4.79 Å². The largest absolute Gasteiger partial charge is 0.465 e. The third-order valence-corrected chi connectivity index (χ3v) is 6.68. The molecule has 0 aromatic heterocycles. The highest BCUT2D eigenvalue weighted by atomic mass is 16.5. The monoisotopic (exact) mass is 426 g/mol. The Bertz CT molecular complexity index is 810. The number of ketones is 1. The van der Waals surface area contributed by atoms with Gasteiger partial charge in [-0.05, 0) is 62.6 Å². The van der Waals surface area contributed by atoms with Crippen molar-refractivity contribution in [3.8, 4) is 11.8 Å². The predicted octanol–water partition coefficient (Wildman–Crippen LogP) is 3.84. The molecule has 2 aliphatic rings. The number of carbonyl (C=O) groups is 2. The Kier molecular flexibility index (Phi) is 8.28. The maximum atomic E-state index is 12.4. The summed E-state index contributed by atoms with van der Waals surface area (Å²) < 4.78 is 4.71. The molecule has 2 fully saturated rings. The Labute approximate surface area is 185 Å². The molecule has 2 N–H and O–H groups in total. The van der Waals surface area contributed by atoms with Crippen LogP contribution in [0.1, 0.15) is 80.1 Å². The van der Waals surface area contributed by atoms with Crippen molar-refractivity contribution in [1.29, 1.82) is 0 Å². The van der Waals surface area contributed by atoms with Crippen LogP contribution in [0.2, 0.25) is 0 Å². The van der Waals surface area contributed by atoms with E-state index in [9.17, 15) is 19.8 Å². The molecule has 5 heteroatoms. The highest BCUT2D eigenvalue weighted by Gasteiger charge is 2.40. The number of esters is 1. The molecule has 0 spiro atoms. The maximum Gasteiger partial charge on any atom is 0.337 e. The van der Waals surface area contributed by atoms with Crippen LogP contribution in [0, 0.1) is 23.7 Å². The Hall–Kier alpha value is -2.16. The fourth-order valence-electron chi connectivity index (χ4n) is 4.77. The van der Waals surface area contributed by atoms with Gasteiger partial charge in [-0.1, -0.05) is 43.2 Å². The smallest absolute Gasteiger partial charge is 0.337 e. The molecule has 0 radical (unpaired) electrons. The molecule has 168 valence electrons. The quantitative estimate of drug-likeness (QED) is 0.393. The van der Waals surface area contributed by atoms with Crippen molar-refractivity contribution >= 4 is 11.8 Å². The highest BCUT2D eigenvalue weighted by molar-refractivity contribution is 5.89. The van der Waals surface area contributed by atoms with Gasteiger partial charge in [0.05, 0.1) is 24.7 Å². The first-order valence-electron chi connectivity index (χ1n) is 11.5. The van der Waals surface area contributed by atoms with Crippen LogP contribution in [0.5, 0.6) is 0 Å². The van der Waals surface area contributed by atoms with E-state index in [0.717, 1.165) is 51.4 Å². The molecule has 0 aliphatic heterocycles. The van der Waals surface area contributed by atoms with Gasteiger partial charge >= 0.3 is 5.97 Å². The Morgan fingerprint density at radius 3 is 2.52 bits per heavy atom. The Balaban J connectivity index is 1.46. The van der Waals surface area contributed by atoms with Crippen molar-refractivity contribution in [2.45, 2.75) is 82.3 Å². The van der Waals surface area contributed by atoms with Crippen molar-refractivity contribution in [1.82, 2.24) is 0 Å². The molecule has 1 aromatic rings. The molecular weight excluding hydrogens is 392 g/mol. The molecule has 31 heavy (non-hydrogen) atoms. The standard InChI is InChI=1S/C26H34O5/c1-31-25(29)20-12-10-19(11-13-20)8-4-2-5-9-21-22(24(28)18-23(21)27)14-17-26(30)15-6-3-7-16-26/h10-13,21-22,24,28,30H,2-9,15-16,18H2,1H3/t21-,22-,24-/m1/s1. The minimum absolute atomic E-state index is 0.0980. The lowest BCUT2D eigenvalue weighted by Crippen LogP contribution is -2.30. The van der Waals surface area contributed by atoms with E-state index in [4.69, 9.17) is 4.74 Å². The Morgan fingerprint density at radius 1 is 1.13 bits per heavy atom. The number of rotatable bonds is 7. The van der Waals surface area contributed by atoms with Gasteiger partial charge < -0.3 is 14.9 Å². The first kappa shape index (κ1) is 23.5. The van der Waals surface area contributed by atoms with Crippen LogP contribution in [0.15, 0.2) is 24.3 Å². The number of methoxy groups -OCH3 is 1. The minimum Gasteiger partial charge on any atom is -0.465 e. The van der Waals surface area contributed by atoms with Crippen LogP contribution < -0.4 is 0 Å². The molecule has 2 aliphatic carbocycles. The van der Waals surface area contributed by atoms with Crippen molar-refractivity contribution in [3.05, 3.63) is 35.4 Å². The van der Waals surface area contributed by atoms with E-state index in [-0.39, 0.29) is 30.0 Å². The fourth-order valence-corrected chi connectivity index (χ4v) is 4.77. The van der Waals surface area contributed by atoms with Gasteiger partial charge in [0, 0.05) is 12.3 Å². The van der Waals surface area contributed by atoms with Crippen molar-refractivity contribution < 1.29 is 24.5 Å². The van der Waals surface area contributed by atoms with Crippen molar-refractivity contribution in [2.75, 3.05) is 7.11 Å². The molecule has 1 aromatic carbocycles. The average molecular weight is 427 g/mol. The van der Waals surface area contributed by atoms with E-state index < -0.39 is 11.7 Å². The normalized spacial score (nSPS) is 25.0. The highest BCUT2D eigenvalue weighted by Crippen LogP contribution is 2.34. The van der Waals surface area contributed by atoms with E-state index in [1.165, 1.54) is 12.7 Å². The van der Waals surface area contributed by atoms with Crippen LogP contribution in [-0.4, -0.2) is 40.8 Å². The number of aryl methyl sites for hydroxylation is 1. The third-order valence-electron chi connectivity index (χ3n) is 6.68. The Morgan fingerprint density at radius 2 is 1.84 bits per heavy atom. The lowest BCUT2D eigenvalue weighted by Gasteiger charge is -2.27. The molecule has 5 nitrogen and oxygen atoms in total. The lowest BCUT2D eigenvalue weighted by molar-refractivity contribution is -0.121. The molecule has 0 heterocycles. The second-order valence-corrected chi connectivity index (χ2v) is 9.02.